The third-order valence-corrected chi connectivity index (χ3v) is 7.65. The highest BCUT2D eigenvalue weighted by Gasteiger charge is 2.38. The van der Waals surface area contributed by atoms with E-state index in [1.807, 2.05) is 0 Å². The summed E-state index contributed by atoms with van der Waals surface area (Å²) < 4.78 is 0. The standard InChI is InChI=1S/C19H29P/c1-13-9-10-14(2)17-12-15(11-16(13)17)20(18(3,4)5)19(6,7)8/h9-11H,12H2,1-8H3. The van der Waals surface area contributed by atoms with Crippen LogP contribution in [0, 0.1) is 13.8 Å². The van der Waals surface area contributed by atoms with Crippen molar-refractivity contribution in [3.8, 4) is 0 Å². The lowest BCUT2D eigenvalue weighted by Crippen LogP contribution is -2.25. The number of hydrogen-bond acceptors (Lipinski definition) is 0. The van der Waals surface area contributed by atoms with Crippen LogP contribution in [-0.2, 0) is 6.42 Å². The van der Waals surface area contributed by atoms with Crippen LogP contribution in [0.15, 0.2) is 17.4 Å². The van der Waals surface area contributed by atoms with Crippen molar-refractivity contribution in [2.75, 3.05) is 0 Å². The van der Waals surface area contributed by atoms with Gasteiger partial charge in [0, 0.05) is 0 Å². The smallest absolute Gasteiger partial charge is 0.00120 e. The maximum Gasteiger partial charge on any atom is -0.00120 e. The van der Waals surface area contributed by atoms with Crippen LogP contribution in [0.5, 0.6) is 0 Å². The molecule has 0 bridgehead atoms. The van der Waals surface area contributed by atoms with Gasteiger partial charge in [-0.3, -0.25) is 0 Å². The maximum absolute atomic E-state index is 2.51. The summed E-state index contributed by atoms with van der Waals surface area (Å²) in [6, 6.07) is 4.55. The molecule has 0 saturated heterocycles. The number of allylic oxidation sites excluding steroid dienone is 1. The molecule has 0 spiro atoms. The van der Waals surface area contributed by atoms with E-state index in [2.05, 4.69) is 73.6 Å². The van der Waals surface area contributed by atoms with E-state index >= 15 is 0 Å². The first-order valence-electron chi connectivity index (χ1n) is 7.62. The molecule has 1 aliphatic carbocycles. The first-order chi connectivity index (χ1) is 9.01. The molecule has 1 aliphatic rings. The molecule has 0 heterocycles. The summed E-state index contributed by atoms with van der Waals surface area (Å²) in [5.41, 5.74) is 5.95. The zero-order valence-electron chi connectivity index (χ0n) is 14.4. The Morgan fingerprint density at radius 2 is 1.35 bits per heavy atom. The number of aryl methyl sites for hydroxylation is 2. The van der Waals surface area contributed by atoms with Gasteiger partial charge >= 0.3 is 0 Å². The summed E-state index contributed by atoms with van der Waals surface area (Å²) in [6.07, 6.45) is 3.68. The number of rotatable bonds is 1. The van der Waals surface area contributed by atoms with Gasteiger partial charge in [0.15, 0.2) is 0 Å². The third kappa shape index (κ3) is 2.86. The Morgan fingerprint density at radius 1 is 0.850 bits per heavy atom. The summed E-state index contributed by atoms with van der Waals surface area (Å²) in [4.78, 5) is 0. The molecule has 2 rings (SSSR count). The van der Waals surface area contributed by atoms with Crippen molar-refractivity contribution in [3.63, 3.8) is 0 Å². The molecule has 1 aromatic rings. The molecule has 0 atom stereocenters. The van der Waals surface area contributed by atoms with Crippen LogP contribution in [0.4, 0.5) is 0 Å². The summed E-state index contributed by atoms with van der Waals surface area (Å²) in [5, 5.41) is 2.42. The zero-order valence-corrected chi connectivity index (χ0v) is 15.3. The highest BCUT2D eigenvalue weighted by Crippen LogP contribution is 2.66. The van der Waals surface area contributed by atoms with Crippen LogP contribution in [-0.4, -0.2) is 10.3 Å². The minimum absolute atomic E-state index is 0.154. The van der Waals surface area contributed by atoms with E-state index in [-0.39, 0.29) is 7.92 Å². The SMILES string of the molecule is Cc1ccc(C)c2c1C=C(P(C(C)(C)C)C(C)(C)C)C2. The van der Waals surface area contributed by atoms with Crippen molar-refractivity contribution < 1.29 is 0 Å². The average molecular weight is 288 g/mol. The van der Waals surface area contributed by atoms with Crippen LogP contribution in [0.3, 0.4) is 0 Å². The lowest BCUT2D eigenvalue weighted by molar-refractivity contribution is 0.710. The predicted molar refractivity (Wildman–Crippen MR) is 94.0 cm³/mol. The molecule has 0 unspecified atom stereocenters. The van der Waals surface area contributed by atoms with E-state index in [0.717, 1.165) is 0 Å². The Labute approximate surface area is 126 Å². The molecule has 0 fully saturated rings. The van der Waals surface area contributed by atoms with E-state index in [0.29, 0.717) is 10.3 Å². The largest absolute Gasteiger partial charge is 0.0683 e. The molecule has 20 heavy (non-hydrogen) atoms. The van der Waals surface area contributed by atoms with Crippen LogP contribution >= 0.6 is 7.92 Å². The average Bonchev–Trinajstić information content (AvgIpc) is 2.64. The topological polar surface area (TPSA) is 0 Å². The highest BCUT2D eigenvalue weighted by molar-refractivity contribution is 7.65. The van der Waals surface area contributed by atoms with Crippen molar-refractivity contribution in [1.29, 1.82) is 0 Å². The fraction of sp³-hybridized carbons (Fsp3) is 0.579. The molecule has 0 nitrogen and oxygen atoms in total. The molecular weight excluding hydrogens is 259 g/mol. The second-order valence-corrected chi connectivity index (χ2v) is 12.0. The van der Waals surface area contributed by atoms with Crippen LogP contribution in [0.1, 0.15) is 63.8 Å². The monoisotopic (exact) mass is 288 g/mol. The minimum atomic E-state index is -0.154. The van der Waals surface area contributed by atoms with Crippen molar-refractivity contribution in [2.24, 2.45) is 0 Å². The molecule has 0 radical (unpaired) electrons. The molecule has 0 N–H and O–H groups in total. The Hall–Kier alpha value is -0.610. The highest BCUT2D eigenvalue weighted by atomic mass is 31.1. The van der Waals surface area contributed by atoms with Gasteiger partial charge in [-0.25, -0.2) is 0 Å². The van der Waals surface area contributed by atoms with E-state index in [1.54, 1.807) is 10.9 Å². The molecule has 0 saturated carbocycles. The van der Waals surface area contributed by atoms with Crippen LogP contribution < -0.4 is 0 Å². The molecule has 110 valence electrons. The summed E-state index contributed by atoms with van der Waals surface area (Å²) in [5.74, 6) is 0. The van der Waals surface area contributed by atoms with Crippen LogP contribution in [0.2, 0.25) is 0 Å². The van der Waals surface area contributed by atoms with Crippen molar-refractivity contribution in [1.82, 2.24) is 0 Å². The van der Waals surface area contributed by atoms with Gasteiger partial charge < -0.3 is 0 Å². The third-order valence-electron chi connectivity index (χ3n) is 4.11. The molecular formula is C19H29P. The second kappa shape index (κ2) is 4.99. The van der Waals surface area contributed by atoms with Crippen molar-refractivity contribution in [3.05, 3.63) is 39.7 Å². The van der Waals surface area contributed by atoms with Gasteiger partial charge in [0.05, 0.1) is 0 Å². The first kappa shape index (κ1) is 15.8. The fourth-order valence-electron chi connectivity index (χ4n) is 3.74. The summed E-state index contributed by atoms with van der Waals surface area (Å²) in [7, 11) is -0.154. The Bertz CT molecular complexity index is 536. The lowest BCUT2D eigenvalue weighted by atomic mass is 10.00. The molecule has 1 aromatic carbocycles. The zero-order chi connectivity index (χ0) is 15.3. The van der Waals surface area contributed by atoms with E-state index in [1.165, 1.54) is 23.1 Å². The molecule has 0 aromatic heterocycles. The first-order valence-corrected chi connectivity index (χ1v) is 8.96. The molecule has 0 aliphatic heterocycles. The predicted octanol–water partition coefficient (Wildman–Crippen LogP) is 6.28. The number of hydrogen-bond donors (Lipinski definition) is 0. The number of fused-ring (bicyclic) bond motifs is 1. The van der Waals surface area contributed by atoms with Gasteiger partial charge in [-0.1, -0.05) is 67.7 Å². The maximum atomic E-state index is 2.51. The summed E-state index contributed by atoms with van der Waals surface area (Å²) in [6.45, 7) is 19.0. The van der Waals surface area contributed by atoms with Gasteiger partial charge in [-0.15, -0.1) is 0 Å². The molecule has 1 heteroatoms. The normalized spacial score (nSPS) is 15.6. The quantitative estimate of drug-likeness (QED) is 0.533. The van der Waals surface area contributed by atoms with Crippen molar-refractivity contribution in [2.45, 2.75) is 72.1 Å². The van der Waals surface area contributed by atoms with Crippen molar-refractivity contribution >= 4 is 14.0 Å². The van der Waals surface area contributed by atoms with Gasteiger partial charge in [0.25, 0.3) is 0 Å². The van der Waals surface area contributed by atoms with E-state index in [4.69, 9.17) is 0 Å². The Kier molecular flexibility index (Phi) is 3.93. The van der Waals surface area contributed by atoms with Gasteiger partial charge in [0.1, 0.15) is 0 Å². The minimum Gasteiger partial charge on any atom is -0.0683 e. The summed E-state index contributed by atoms with van der Waals surface area (Å²) >= 11 is 0. The van der Waals surface area contributed by atoms with Gasteiger partial charge in [-0.05, 0) is 58.1 Å². The van der Waals surface area contributed by atoms with E-state index in [9.17, 15) is 0 Å². The van der Waals surface area contributed by atoms with Gasteiger partial charge in [0.2, 0.25) is 0 Å². The second-order valence-electron chi connectivity index (χ2n) is 8.08. The number of benzene rings is 1. The Morgan fingerprint density at radius 3 is 1.80 bits per heavy atom. The Balaban J connectivity index is 2.49. The lowest BCUT2D eigenvalue weighted by Gasteiger charge is -2.42. The van der Waals surface area contributed by atoms with Crippen LogP contribution in [0.25, 0.3) is 6.08 Å². The fourth-order valence-corrected chi connectivity index (χ4v) is 8.05. The van der Waals surface area contributed by atoms with Gasteiger partial charge in [-0.2, -0.15) is 0 Å². The van der Waals surface area contributed by atoms with E-state index < -0.39 is 0 Å². The molecule has 0 amide bonds.